The van der Waals surface area contributed by atoms with Gasteiger partial charge < -0.3 is 10.1 Å². The number of hydrogen-bond donors (Lipinski definition) is 1. The summed E-state index contributed by atoms with van der Waals surface area (Å²) in [4.78, 5) is 0. The molecular formula is C15H21F2NO. The molecule has 1 saturated heterocycles. The lowest BCUT2D eigenvalue weighted by molar-refractivity contribution is 0.0726. The van der Waals surface area contributed by atoms with E-state index >= 15 is 0 Å². The summed E-state index contributed by atoms with van der Waals surface area (Å²) in [5.41, 5.74) is 0.544. The summed E-state index contributed by atoms with van der Waals surface area (Å²) < 4.78 is 32.2. The minimum Gasteiger partial charge on any atom is -0.381 e. The van der Waals surface area contributed by atoms with E-state index in [-0.39, 0.29) is 12.0 Å². The fourth-order valence-corrected chi connectivity index (χ4v) is 2.51. The predicted molar refractivity (Wildman–Crippen MR) is 70.9 cm³/mol. The van der Waals surface area contributed by atoms with E-state index in [2.05, 4.69) is 5.32 Å². The molecule has 1 fully saturated rings. The third-order valence-electron chi connectivity index (χ3n) is 3.60. The van der Waals surface area contributed by atoms with Crippen LogP contribution in [0.15, 0.2) is 18.2 Å². The summed E-state index contributed by atoms with van der Waals surface area (Å²) >= 11 is 0. The first kappa shape index (κ1) is 14.4. The molecule has 1 aromatic carbocycles. The van der Waals surface area contributed by atoms with Crippen LogP contribution in [0.1, 0.15) is 38.3 Å². The Morgan fingerprint density at radius 3 is 2.47 bits per heavy atom. The molecule has 2 rings (SSSR count). The van der Waals surface area contributed by atoms with Crippen molar-refractivity contribution in [3.8, 4) is 0 Å². The van der Waals surface area contributed by atoms with Gasteiger partial charge in [-0.1, -0.05) is 19.9 Å². The number of rotatable bonds is 4. The second-order valence-electron chi connectivity index (χ2n) is 5.44. The molecule has 1 aliphatic rings. The predicted octanol–water partition coefficient (Wildman–Crippen LogP) is 3.43. The van der Waals surface area contributed by atoms with Crippen LogP contribution in [0.25, 0.3) is 0 Å². The standard InChI is InChI=1S/C15H21F2NO/c1-10(2)15(18-12-5-7-19-8-6-12)13-4-3-11(16)9-14(13)17/h3-4,9-10,12,15,18H,5-8H2,1-2H3. The lowest BCUT2D eigenvalue weighted by atomic mass is 9.93. The minimum atomic E-state index is -0.533. The summed E-state index contributed by atoms with van der Waals surface area (Å²) in [6.07, 6.45) is 1.87. The van der Waals surface area contributed by atoms with Crippen LogP contribution in [0.5, 0.6) is 0 Å². The van der Waals surface area contributed by atoms with Gasteiger partial charge in [-0.15, -0.1) is 0 Å². The Bertz CT molecular complexity index is 417. The van der Waals surface area contributed by atoms with Gasteiger partial charge in [0.15, 0.2) is 0 Å². The minimum absolute atomic E-state index is 0.0938. The zero-order chi connectivity index (χ0) is 13.8. The molecule has 106 valence electrons. The normalized spacial score (nSPS) is 18.8. The van der Waals surface area contributed by atoms with Crippen molar-refractivity contribution in [3.63, 3.8) is 0 Å². The molecular weight excluding hydrogens is 248 g/mol. The van der Waals surface area contributed by atoms with E-state index in [1.165, 1.54) is 6.07 Å². The summed E-state index contributed by atoms with van der Waals surface area (Å²) in [5, 5.41) is 3.49. The van der Waals surface area contributed by atoms with Crippen LogP contribution in [0.3, 0.4) is 0 Å². The molecule has 0 radical (unpaired) electrons. The van der Waals surface area contributed by atoms with E-state index in [1.807, 2.05) is 13.8 Å². The summed E-state index contributed by atoms with van der Waals surface area (Å²) in [5.74, 6) is -0.768. The molecule has 1 unspecified atom stereocenters. The van der Waals surface area contributed by atoms with Gasteiger partial charge in [-0.2, -0.15) is 0 Å². The van der Waals surface area contributed by atoms with Crippen LogP contribution in [-0.4, -0.2) is 19.3 Å². The van der Waals surface area contributed by atoms with Gasteiger partial charge in [0, 0.05) is 36.9 Å². The van der Waals surface area contributed by atoms with Gasteiger partial charge in [0.05, 0.1) is 0 Å². The van der Waals surface area contributed by atoms with Crippen molar-refractivity contribution in [1.82, 2.24) is 5.32 Å². The maximum atomic E-state index is 13.9. The molecule has 0 bridgehead atoms. The molecule has 2 nitrogen and oxygen atoms in total. The van der Waals surface area contributed by atoms with Crippen molar-refractivity contribution < 1.29 is 13.5 Å². The molecule has 0 saturated carbocycles. The Kier molecular flexibility index (Phi) is 4.88. The van der Waals surface area contributed by atoms with Crippen LogP contribution in [0, 0.1) is 17.6 Å². The van der Waals surface area contributed by atoms with Crippen molar-refractivity contribution in [2.24, 2.45) is 5.92 Å². The molecule has 0 spiro atoms. The van der Waals surface area contributed by atoms with Gasteiger partial charge in [0.2, 0.25) is 0 Å². The smallest absolute Gasteiger partial charge is 0.130 e. The number of benzene rings is 1. The highest BCUT2D eigenvalue weighted by molar-refractivity contribution is 5.23. The van der Waals surface area contributed by atoms with Crippen molar-refractivity contribution in [3.05, 3.63) is 35.4 Å². The SMILES string of the molecule is CC(C)C(NC1CCOCC1)c1ccc(F)cc1F. The van der Waals surface area contributed by atoms with Crippen LogP contribution in [0.2, 0.25) is 0 Å². The largest absolute Gasteiger partial charge is 0.381 e. The zero-order valence-electron chi connectivity index (χ0n) is 11.5. The van der Waals surface area contributed by atoms with Gasteiger partial charge in [0.25, 0.3) is 0 Å². The summed E-state index contributed by atoms with van der Waals surface area (Å²) in [7, 11) is 0. The average Bonchev–Trinajstić information content (AvgIpc) is 2.38. The number of ether oxygens (including phenoxy) is 1. The Hall–Kier alpha value is -1.00. The van der Waals surface area contributed by atoms with E-state index in [4.69, 9.17) is 4.74 Å². The Morgan fingerprint density at radius 1 is 1.21 bits per heavy atom. The van der Waals surface area contributed by atoms with Gasteiger partial charge >= 0.3 is 0 Å². The number of halogens is 2. The summed E-state index contributed by atoms with van der Waals surface area (Å²) in [6, 6.07) is 4.06. The van der Waals surface area contributed by atoms with Gasteiger partial charge in [-0.05, 0) is 24.8 Å². The molecule has 4 heteroatoms. The quantitative estimate of drug-likeness (QED) is 0.904. The van der Waals surface area contributed by atoms with E-state index in [0.29, 0.717) is 11.6 Å². The van der Waals surface area contributed by atoms with Gasteiger partial charge in [0.1, 0.15) is 11.6 Å². The molecule has 0 aliphatic carbocycles. The van der Waals surface area contributed by atoms with Crippen LogP contribution in [-0.2, 0) is 4.74 Å². The average molecular weight is 269 g/mol. The van der Waals surface area contributed by atoms with Crippen LogP contribution >= 0.6 is 0 Å². The molecule has 1 aliphatic heterocycles. The van der Waals surface area contributed by atoms with Crippen LogP contribution in [0.4, 0.5) is 8.78 Å². The zero-order valence-corrected chi connectivity index (χ0v) is 11.5. The summed E-state index contributed by atoms with van der Waals surface area (Å²) in [6.45, 7) is 5.57. The number of hydrogen-bond acceptors (Lipinski definition) is 2. The van der Waals surface area contributed by atoms with Gasteiger partial charge in [-0.3, -0.25) is 0 Å². The molecule has 19 heavy (non-hydrogen) atoms. The second-order valence-corrected chi connectivity index (χ2v) is 5.44. The molecule has 0 aromatic heterocycles. The lowest BCUT2D eigenvalue weighted by Gasteiger charge is -2.31. The molecule has 0 amide bonds. The molecule has 1 heterocycles. The van der Waals surface area contributed by atoms with E-state index in [0.717, 1.165) is 32.1 Å². The topological polar surface area (TPSA) is 21.3 Å². The second kappa shape index (κ2) is 6.44. The maximum Gasteiger partial charge on any atom is 0.130 e. The van der Waals surface area contributed by atoms with Gasteiger partial charge in [-0.25, -0.2) is 8.78 Å². The third-order valence-corrected chi connectivity index (χ3v) is 3.60. The van der Waals surface area contributed by atoms with E-state index < -0.39 is 11.6 Å². The number of nitrogens with one attached hydrogen (secondary N) is 1. The first-order chi connectivity index (χ1) is 9.08. The third kappa shape index (κ3) is 3.74. The van der Waals surface area contributed by atoms with Crippen molar-refractivity contribution in [2.45, 2.75) is 38.8 Å². The van der Waals surface area contributed by atoms with Crippen molar-refractivity contribution in [1.29, 1.82) is 0 Å². The first-order valence-electron chi connectivity index (χ1n) is 6.86. The highest BCUT2D eigenvalue weighted by atomic mass is 19.1. The van der Waals surface area contributed by atoms with E-state index in [9.17, 15) is 8.78 Å². The fourth-order valence-electron chi connectivity index (χ4n) is 2.51. The monoisotopic (exact) mass is 269 g/mol. The maximum absolute atomic E-state index is 13.9. The molecule has 1 N–H and O–H groups in total. The lowest BCUT2D eigenvalue weighted by Crippen LogP contribution is -2.39. The van der Waals surface area contributed by atoms with E-state index in [1.54, 1.807) is 6.07 Å². The highest BCUT2D eigenvalue weighted by Gasteiger charge is 2.24. The first-order valence-corrected chi connectivity index (χ1v) is 6.86. The molecule has 1 atom stereocenters. The Labute approximate surface area is 113 Å². The van der Waals surface area contributed by atoms with Crippen molar-refractivity contribution in [2.75, 3.05) is 13.2 Å². The fraction of sp³-hybridized carbons (Fsp3) is 0.600. The molecule has 1 aromatic rings. The van der Waals surface area contributed by atoms with Crippen LogP contribution < -0.4 is 5.32 Å². The highest BCUT2D eigenvalue weighted by Crippen LogP contribution is 2.26. The van der Waals surface area contributed by atoms with Crippen molar-refractivity contribution >= 4 is 0 Å². The Morgan fingerprint density at radius 2 is 1.89 bits per heavy atom. The Balaban J connectivity index is 2.14.